The van der Waals surface area contributed by atoms with Crippen molar-refractivity contribution in [3.63, 3.8) is 0 Å². The van der Waals surface area contributed by atoms with Crippen molar-refractivity contribution in [3.05, 3.63) is 81.5 Å². The van der Waals surface area contributed by atoms with Gasteiger partial charge in [-0.3, -0.25) is 14.5 Å². The Kier molecular flexibility index (Phi) is 9.57. The van der Waals surface area contributed by atoms with Gasteiger partial charge in [0.2, 0.25) is 5.56 Å². The highest BCUT2D eigenvalue weighted by Gasteiger charge is 2.33. The zero-order valence-electron chi connectivity index (χ0n) is 22.5. The van der Waals surface area contributed by atoms with Crippen molar-refractivity contribution in [1.29, 1.82) is 0 Å². The van der Waals surface area contributed by atoms with Crippen molar-refractivity contribution in [2.24, 2.45) is 0 Å². The van der Waals surface area contributed by atoms with Gasteiger partial charge in [0, 0.05) is 61.2 Å². The summed E-state index contributed by atoms with van der Waals surface area (Å²) in [6.07, 6.45) is -3.90. The van der Waals surface area contributed by atoms with E-state index in [1.54, 1.807) is 0 Å². The number of halogens is 4. The number of nitrogens with one attached hydrogen (secondary N) is 2. The Morgan fingerprint density at radius 3 is 2.30 bits per heavy atom. The summed E-state index contributed by atoms with van der Waals surface area (Å²) < 4.78 is 50.7. The van der Waals surface area contributed by atoms with E-state index in [0.717, 1.165) is 30.7 Å². The third-order valence-corrected chi connectivity index (χ3v) is 6.92. The van der Waals surface area contributed by atoms with Crippen molar-refractivity contribution in [2.75, 3.05) is 37.4 Å². The molecule has 1 aliphatic heterocycles. The van der Waals surface area contributed by atoms with Gasteiger partial charge in [0.1, 0.15) is 11.5 Å². The SMILES string of the molecule is O=Cc1c[nH]c(=O)cc1C(F)(F)F.[B]C(=O)c1ccc(F)c(-c2ccc(N3CC(C)N(C)C(C)C3)c(NC)c2)c1. The number of aromatic amines is 1. The standard InChI is InChI=1S/C21H25BFN3O.C7H4F3NO2/c1-13-11-26(12-14(2)25(13)4)20-8-6-15(10-19(20)24-3)17-9-16(21(22)27)5-7-18(17)23;8-7(9,10)5-1-6(13)11-2-4(5)3-12/h5-10,13-14,24H,11-12H2,1-4H3;1-3H,(H,11,13). The summed E-state index contributed by atoms with van der Waals surface area (Å²) in [5.41, 5.74) is 0.148. The van der Waals surface area contributed by atoms with Crippen molar-refractivity contribution in [1.82, 2.24) is 9.88 Å². The lowest BCUT2D eigenvalue weighted by atomic mass is 9.92. The number of alkyl halides is 3. The molecule has 2 aromatic carbocycles. The minimum Gasteiger partial charge on any atom is -0.386 e. The number of benzene rings is 2. The molecule has 2 N–H and O–H groups in total. The molecule has 1 aromatic heterocycles. The third-order valence-electron chi connectivity index (χ3n) is 6.92. The molecule has 2 atom stereocenters. The highest BCUT2D eigenvalue weighted by atomic mass is 19.4. The Hall–Kier alpha value is -3.93. The molecule has 0 amide bonds. The van der Waals surface area contributed by atoms with E-state index in [9.17, 15) is 31.9 Å². The first-order valence-electron chi connectivity index (χ1n) is 12.4. The Bertz CT molecular complexity index is 1430. The number of hydrogen-bond acceptors (Lipinski definition) is 6. The summed E-state index contributed by atoms with van der Waals surface area (Å²) in [7, 11) is 9.36. The number of piperazine rings is 1. The number of carbonyl (C=O) groups is 2. The molecule has 2 heterocycles. The van der Waals surface area contributed by atoms with Gasteiger partial charge >= 0.3 is 6.18 Å². The zero-order valence-corrected chi connectivity index (χ0v) is 22.5. The van der Waals surface area contributed by atoms with E-state index in [4.69, 9.17) is 7.85 Å². The second kappa shape index (κ2) is 12.5. The van der Waals surface area contributed by atoms with Crippen LogP contribution in [0.3, 0.4) is 0 Å². The molecule has 0 bridgehead atoms. The van der Waals surface area contributed by atoms with E-state index in [1.165, 1.54) is 18.2 Å². The van der Waals surface area contributed by atoms with Crippen molar-refractivity contribution >= 4 is 31.2 Å². The van der Waals surface area contributed by atoms with E-state index in [1.807, 2.05) is 30.2 Å². The summed E-state index contributed by atoms with van der Waals surface area (Å²) in [5, 5.41) is 3.23. The van der Waals surface area contributed by atoms with E-state index in [2.05, 4.69) is 36.0 Å². The fourth-order valence-electron chi connectivity index (χ4n) is 4.51. The molecular formula is C28H29BF4N4O3. The van der Waals surface area contributed by atoms with Gasteiger partial charge < -0.3 is 20.0 Å². The molecule has 3 aromatic rings. The number of H-pyrrole nitrogens is 1. The highest BCUT2D eigenvalue weighted by molar-refractivity contribution is 6.62. The minimum absolute atomic E-state index is 0.0404. The number of pyridine rings is 1. The van der Waals surface area contributed by atoms with Crippen LogP contribution < -0.4 is 15.8 Å². The Labute approximate surface area is 230 Å². The van der Waals surface area contributed by atoms with Gasteiger partial charge in [0.05, 0.1) is 16.9 Å². The molecule has 40 heavy (non-hydrogen) atoms. The Morgan fingerprint density at radius 1 is 1.10 bits per heavy atom. The number of likely N-dealkylation sites (N-methyl/N-ethyl adjacent to an activating group) is 1. The van der Waals surface area contributed by atoms with Crippen LogP contribution in [0.25, 0.3) is 11.1 Å². The lowest BCUT2D eigenvalue weighted by Crippen LogP contribution is -2.55. The Balaban J connectivity index is 0.000000285. The molecule has 0 spiro atoms. The van der Waals surface area contributed by atoms with Gasteiger partial charge in [-0.25, -0.2) is 4.39 Å². The number of carbonyl (C=O) groups excluding carboxylic acids is 2. The first-order valence-corrected chi connectivity index (χ1v) is 12.4. The second-order valence-corrected chi connectivity index (χ2v) is 9.59. The number of aldehydes is 1. The largest absolute Gasteiger partial charge is 0.417 e. The van der Waals surface area contributed by atoms with Crippen LogP contribution in [0, 0.1) is 5.82 Å². The predicted molar refractivity (Wildman–Crippen MR) is 148 cm³/mol. The summed E-state index contributed by atoms with van der Waals surface area (Å²) in [5.74, 6) is -0.378. The quantitative estimate of drug-likeness (QED) is 0.272. The first kappa shape index (κ1) is 30.6. The summed E-state index contributed by atoms with van der Waals surface area (Å²) in [6, 6.07) is 11.3. The van der Waals surface area contributed by atoms with Crippen LogP contribution in [-0.4, -0.2) is 69.0 Å². The number of anilines is 2. The maximum Gasteiger partial charge on any atom is 0.417 e. The first-order chi connectivity index (χ1) is 18.8. The minimum atomic E-state index is -4.68. The fourth-order valence-corrected chi connectivity index (χ4v) is 4.51. The van der Waals surface area contributed by atoms with Gasteiger partial charge in [0.25, 0.3) is 0 Å². The van der Waals surface area contributed by atoms with Crippen molar-refractivity contribution < 1.29 is 27.2 Å². The number of nitrogens with zero attached hydrogens (tertiary/aromatic N) is 2. The van der Waals surface area contributed by atoms with Crippen LogP contribution in [0.1, 0.15) is 40.1 Å². The van der Waals surface area contributed by atoms with Crippen molar-refractivity contribution in [3.8, 4) is 11.1 Å². The van der Waals surface area contributed by atoms with Crippen LogP contribution in [0.5, 0.6) is 0 Å². The molecule has 7 nitrogen and oxygen atoms in total. The molecule has 1 fully saturated rings. The molecule has 210 valence electrons. The summed E-state index contributed by atoms with van der Waals surface area (Å²) in [6.45, 7) is 6.31. The number of aromatic nitrogens is 1. The van der Waals surface area contributed by atoms with E-state index >= 15 is 0 Å². The predicted octanol–water partition coefficient (Wildman–Crippen LogP) is 4.58. The number of rotatable bonds is 5. The molecule has 12 heteroatoms. The molecule has 0 aliphatic carbocycles. The van der Waals surface area contributed by atoms with Crippen LogP contribution in [0.15, 0.2) is 53.5 Å². The van der Waals surface area contributed by atoms with Crippen molar-refractivity contribution in [2.45, 2.75) is 32.1 Å². The molecule has 2 radical (unpaired) electrons. The van der Waals surface area contributed by atoms with E-state index in [-0.39, 0.29) is 12.1 Å². The average molecular weight is 556 g/mol. The maximum atomic E-state index is 14.4. The summed E-state index contributed by atoms with van der Waals surface area (Å²) in [4.78, 5) is 38.9. The maximum absolute atomic E-state index is 14.4. The topological polar surface area (TPSA) is 85.5 Å². The summed E-state index contributed by atoms with van der Waals surface area (Å²) >= 11 is 0. The molecule has 4 rings (SSSR count). The van der Waals surface area contributed by atoms with Gasteiger partial charge in [-0.15, -0.1) is 0 Å². The Morgan fingerprint density at radius 2 is 1.75 bits per heavy atom. The van der Waals surface area contributed by atoms with Gasteiger partial charge in [-0.2, -0.15) is 13.2 Å². The molecule has 2 unspecified atom stereocenters. The van der Waals surface area contributed by atoms with Gasteiger partial charge in [-0.1, -0.05) is 6.07 Å². The highest BCUT2D eigenvalue weighted by Crippen LogP contribution is 2.34. The third kappa shape index (κ3) is 6.98. The van der Waals surface area contributed by atoms with Crippen LogP contribution >= 0.6 is 0 Å². The fraction of sp³-hybridized carbons (Fsp3) is 0.321. The zero-order chi connectivity index (χ0) is 29.8. The lowest BCUT2D eigenvalue weighted by molar-refractivity contribution is -0.138. The second-order valence-electron chi connectivity index (χ2n) is 9.59. The lowest BCUT2D eigenvalue weighted by Gasteiger charge is -2.44. The molecule has 0 saturated carbocycles. The smallest absolute Gasteiger partial charge is 0.386 e. The number of hydrogen-bond donors (Lipinski definition) is 2. The average Bonchev–Trinajstić information content (AvgIpc) is 2.91. The monoisotopic (exact) mass is 556 g/mol. The van der Waals surface area contributed by atoms with Gasteiger partial charge in [0.15, 0.2) is 14.1 Å². The van der Waals surface area contributed by atoms with Crippen LogP contribution in [0.4, 0.5) is 28.9 Å². The van der Waals surface area contributed by atoms with E-state index in [0.29, 0.717) is 34.8 Å². The molecular weight excluding hydrogens is 527 g/mol. The van der Waals surface area contributed by atoms with Crippen LogP contribution in [-0.2, 0) is 6.18 Å². The normalized spacial score (nSPS) is 17.6. The molecule has 1 saturated heterocycles. The molecule has 1 aliphatic rings. The van der Waals surface area contributed by atoms with Gasteiger partial charge in [-0.05, 0) is 56.8 Å². The van der Waals surface area contributed by atoms with Crippen LogP contribution in [0.2, 0.25) is 0 Å². The van der Waals surface area contributed by atoms with E-state index < -0.39 is 28.5 Å².